The van der Waals surface area contributed by atoms with Crippen molar-refractivity contribution in [3.63, 3.8) is 0 Å². The number of nitrogens with one attached hydrogen (secondary N) is 1. The van der Waals surface area contributed by atoms with Crippen LogP contribution in [0.5, 0.6) is 0 Å². The zero-order valence-corrected chi connectivity index (χ0v) is 12.6. The summed E-state index contributed by atoms with van der Waals surface area (Å²) >= 11 is 0. The van der Waals surface area contributed by atoms with Crippen LogP contribution in [0.2, 0.25) is 0 Å². The van der Waals surface area contributed by atoms with Crippen LogP contribution in [0, 0.1) is 0 Å². The molecule has 0 spiro atoms. The Labute approximate surface area is 129 Å². The van der Waals surface area contributed by atoms with Gasteiger partial charge in [-0.15, -0.1) is 0 Å². The van der Waals surface area contributed by atoms with Gasteiger partial charge in [0, 0.05) is 26.6 Å². The molecule has 2 aromatic rings. The van der Waals surface area contributed by atoms with E-state index in [4.69, 9.17) is 5.11 Å². The zero-order valence-electron chi connectivity index (χ0n) is 12.6. The summed E-state index contributed by atoms with van der Waals surface area (Å²) in [6.45, 7) is 0.878. The lowest BCUT2D eigenvalue weighted by Crippen LogP contribution is -2.37. The maximum absolute atomic E-state index is 11.9. The number of amides is 2. The first kappa shape index (κ1) is 15.8. The summed E-state index contributed by atoms with van der Waals surface area (Å²) in [4.78, 5) is 23.9. The molecule has 0 radical (unpaired) electrons. The zero-order chi connectivity index (χ0) is 15.9. The number of carbonyl (C=O) groups is 2. The maximum Gasteiger partial charge on any atom is 0.317 e. The van der Waals surface area contributed by atoms with Gasteiger partial charge in [0.1, 0.15) is 0 Å². The highest BCUT2D eigenvalue weighted by Crippen LogP contribution is 2.16. The van der Waals surface area contributed by atoms with Crippen molar-refractivity contribution in [3.05, 3.63) is 48.0 Å². The SMILES string of the molecule is CN(Cc1ccc2ccccc2c1)C(=O)NCCCC(=O)O. The number of carbonyl (C=O) groups excluding carboxylic acids is 1. The molecular formula is C17H20N2O3. The van der Waals surface area contributed by atoms with E-state index in [-0.39, 0.29) is 12.5 Å². The molecule has 0 bridgehead atoms. The Balaban J connectivity index is 1.88. The second-order valence-electron chi connectivity index (χ2n) is 5.27. The molecule has 0 saturated heterocycles. The van der Waals surface area contributed by atoms with Gasteiger partial charge in [0.2, 0.25) is 0 Å². The number of fused-ring (bicyclic) bond motifs is 1. The molecule has 0 heterocycles. The van der Waals surface area contributed by atoms with E-state index >= 15 is 0 Å². The summed E-state index contributed by atoms with van der Waals surface area (Å²) in [5, 5.41) is 13.6. The standard InChI is InChI=1S/C17H20N2O3/c1-19(17(22)18-10-4-7-16(20)21)12-13-8-9-14-5-2-3-6-15(14)11-13/h2-3,5-6,8-9,11H,4,7,10,12H2,1H3,(H,18,22)(H,20,21). The van der Waals surface area contributed by atoms with E-state index in [2.05, 4.69) is 17.4 Å². The van der Waals surface area contributed by atoms with E-state index in [1.165, 1.54) is 5.39 Å². The van der Waals surface area contributed by atoms with Crippen molar-refractivity contribution in [1.82, 2.24) is 10.2 Å². The smallest absolute Gasteiger partial charge is 0.317 e. The highest BCUT2D eigenvalue weighted by atomic mass is 16.4. The van der Waals surface area contributed by atoms with Crippen LogP contribution in [-0.4, -0.2) is 35.6 Å². The molecule has 0 aliphatic carbocycles. The first-order valence-electron chi connectivity index (χ1n) is 7.24. The molecule has 22 heavy (non-hydrogen) atoms. The molecule has 0 unspecified atom stereocenters. The third kappa shape index (κ3) is 4.48. The number of carboxylic acids is 1. The van der Waals surface area contributed by atoms with Crippen LogP contribution in [0.3, 0.4) is 0 Å². The summed E-state index contributed by atoms with van der Waals surface area (Å²) in [5.41, 5.74) is 1.06. The van der Waals surface area contributed by atoms with Crippen molar-refractivity contribution in [2.45, 2.75) is 19.4 Å². The van der Waals surface area contributed by atoms with Crippen LogP contribution in [0.15, 0.2) is 42.5 Å². The number of aliphatic carboxylic acids is 1. The first-order valence-corrected chi connectivity index (χ1v) is 7.24. The second-order valence-corrected chi connectivity index (χ2v) is 5.27. The lowest BCUT2D eigenvalue weighted by Gasteiger charge is -2.18. The minimum absolute atomic E-state index is 0.0642. The van der Waals surface area contributed by atoms with E-state index in [0.29, 0.717) is 19.5 Å². The quantitative estimate of drug-likeness (QED) is 0.806. The normalized spacial score (nSPS) is 10.4. The summed E-state index contributed by atoms with van der Waals surface area (Å²) in [7, 11) is 1.72. The highest BCUT2D eigenvalue weighted by molar-refractivity contribution is 5.83. The molecule has 0 aliphatic heterocycles. The topological polar surface area (TPSA) is 69.6 Å². The third-order valence-electron chi connectivity index (χ3n) is 3.42. The molecule has 2 N–H and O–H groups in total. The first-order chi connectivity index (χ1) is 10.6. The van der Waals surface area contributed by atoms with E-state index in [0.717, 1.165) is 10.9 Å². The predicted octanol–water partition coefficient (Wildman–Crippen LogP) is 2.85. The van der Waals surface area contributed by atoms with Gasteiger partial charge in [-0.25, -0.2) is 4.79 Å². The Morgan fingerprint density at radius 2 is 1.86 bits per heavy atom. The van der Waals surface area contributed by atoms with Gasteiger partial charge in [-0.2, -0.15) is 0 Å². The number of carboxylic acid groups (broad SMARTS) is 1. The molecule has 2 amide bonds. The molecule has 5 nitrogen and oxygen atoms in total. The average Bonchev–Trinajstić information content (AvgIpc) is 2.51. The minimum atomic E-state index is -0.848. The van der Waals surface area contributed by atoms with Gasteiger partial charge < -0.3 is 15.3 Å². The van der Waals surface area contributed by atoms with Gasteiger partial charge in [-0.3, -0.25) is 4.79 Å². The van der Waals surface area contributed by atoms with Crippen molar-refractivity contribution in [3.8, 4) is 0 Å². The Bertz CT molecular complexity index is 670. The van der Waals surface area contributed by atoms with Gasteiger partial charge in [0.05, 0.1) is 0 Å². The van der Waals surface area contributed by atoms with E-state index in [1.807, 2.05) is 30.3 Å². The summed E-state index contributed by atoms with van der Waals surface area (Å²) in [6, 6.07) is 14.0. The molecule has 0 aromatic heterocycles. The molecule has 5 heteroatoms. The van der Waals surface area contributed by atoms with Crippen molar-refractivity contribution in [2.75, 3.05) is 13.6 Å². The average molecular weight is 300 g/mol. The Morgan fingerprint density at radius 1 is 1.14 bits per heavy atom. The van der Waals surface area contributed by atoms with E-state index in [9.17, 15) is 9.59 Å². The summed E-state index contributed by atoms with van der Waals surface area (Å²) < 4.78 is 0. The lowest BCUT2D eigenvalue weighted by molar-refractivity contribution is -0.137. The third-order valence-corrected chi connectivity index (χ3v) is 3.42. The fourth-order valence-electron chi connectivity index (χ4n) is 2.25. The number of nitrogens with zero attached hydrogens (tertiary/aromatic N) is 1. The maximum atomic E-state index is 11.9. The molecule has 0 atom stereocenters. The van der Waals surface area contributed by atoms with Crippen LogP contribution >= 0.6 is 0 Å². The van der Waals surface area contributed by atoms with Crippen molar-refractivity contribution < 1.29 is 14.7 Å². The Kier molecular flexibility index (Phi) is 5.36. The van der Waals surface area contributed by atoms with Crippen LogP contribution in [0.4, 0.5) is 4.79 Å². The largest absolute Gasteiger partial charge is 0.481 e. The predicted molar refractivity (Wildman–Crippen MR) is 85.7 cm³/mol. The van der Waals surface area contributed by atoms with E-state index in [1.54, 1.807) is 11.9 Å². The van der Waals surface area contributed by atoms with Crippen molar-refractivity contribution in [1.29, 1.82) is 0 Å². The highest BCUT2D eigenvalue weighted by Gasteiger charge is 2.09. The fourth-order valence-corrected chi connectivity index (χ4v) is 2.25. The molecule has 0 saturated carbocycles. The molecule has 0 aliphatic rings. The molecule has 0 fully saturated rings. The van der Waals surface area contributed by atoms with Gasteiger partial charge in [-0.05, 0) is 28.8 Å². The summed E-state index contributed by atoms with van der Waals surface area (Å²) in [6.07, 6.45) is 0.500. The van der Waals surface area contributed by atoms with Gasteiger partial charge in [-0.1, -0.05) is 36.4 Å². The second kappa shape index (κ2) is 7.45. The molecule has 2 rings (SSSR count). The minimum Gasteiger partial charge on any atom is -0.481 e. The van der Waals surface area contributed by atoms with Gasteiger partial charge >= 0.3 is 12.0 Å². The fraction of sp³-hybridized carbons (Fsp3) is 0.294. The van der Waals surface area contributed by atoms with Crippen molar-refractivity contribution >= 4 is 22.8 Å². The van der Waals surface area contributed by atoms with Crippen LogP contribution in [0.1, 0.15) is 18.4 Å². The van der Waals surface area contributed by atoms with Crippen LogP contribution < -0.4 is 5.32 Å². The number of hydrogen-bond acceptors (Lipinski definition) is 2. The van der Waals surface area contributed by atoms with Crippen LogP contribution in [0.25, 0.3) is 10.8 Å². The number of rotatable bonds is 6. The van der Waals surface area contributed by atoms with Crippen LogP contribution in [-0.2, 0) is 11.3 Å². The Morgan fingerprint density at radius 3 is 2.59 bits per heavy atom. The van der Waals surface area contributed by atoms with E-state index < -0.39 is 5.97 Å². The Hall–Kier alpha value is -2.56. The van der Waals surface area contributed by atoms with Gasteiger partial charge in [0.25, 0.3) is 0 Å². The van der Waals surface area contributed by atoms with Crippen molar-refractivity contribution in [2.24, 2.45) is 0 Å². The number of urea groups is 1. The van der Waals surface area contributed by atoms with Gasteiger partial charge in [0.15, 0.2) is 0 Å². The summed E-state index contributed by atoms with van der Waals surface area (Å²) in [5.74, 6) is -0.848. The monoisotopic (exact) mass is 300 g/mol. The molecule has 2 aromatic carbocycles. The number of benzene rings is 2. The number of hydrogen-bond donors (Lipinski definition) is 2. The molecule has 116 valence electrons. The molecular weight excluding hydrogens is 280 g/mol. The lowest BCUT2D eigenvalue weighted by atomic mass is 10.1.